The molecule has 0 aliphatic carbocycles. The molecular weight excluding hydrogens is 368 g/mol. The van der Waals surface area contributed by atoms with Gasteiger partial charge in [-0.3, -0.25) is 4.79 Å². The molecule has 0 aliphatic heterocycles. The molecule has 1 amide bonds. The van der Waals surface area contributed by atoms with Gasteiger partial charge in [-0.15, -0.1) is 0 Å². The number of amides is 1. The Hall–Kier alpha value is -3.02. The van der Waals surface area contributed by atoms with Crippen LogP contribution in [0.3, 0.4) is 0 Å². The van der Waals surface area contributed by atoms with Gasteiger partial charge in [0.15, 0.2) is 0 Å². The molecule has 160 valence electrons. The van der Waals surface area contributed by atoms with Crippen LogP contribution >= 0.6 is 0 Å². The average molecular weight is 403 g/mol. The molecule has 0 radical (unpaired) electrons. The van der Waals surface area contributed by atoms with Crippen molar-refractivity contribution in [2.45, 2.75) is 39.0 Å². The maximum absolute atomic E-state index is 11.9. The van der Waals surface area contributed by atoms with E-state index in [-0.39, 0.29) is 5.91 Å². The van der Waals surface area contributed by atoms with Crippen LogP contribution in [0.4, 0.5) is 5.69 Å². The van der Waals surface area contributed by atoms with Crippen molar-refractivity contribution >= 4 is 17.9 Å². The molecule has 1 aromatic rings. The number of nitrogens with one attached hydrogen (secondary N) is 2. The maximum Gasteiger partial charge on any atom is 0.224 e. The van der Waals surface area contributed by atoms with Gasteiger partial charge in [-0.05, 0) is 44.1 Å². The zero-order valence-electron chi connectivity index (χ0n) is 18.0. The summed E-state index contributed by atoms with van der Waals surface area (Å²) in [5, 5.41) is 5.79. The highest BCUT2D eigenvalue weighted by molar-refractivity contribution is 5.78. The standard InChI is InChI=1S/C16H25NO4.C7H9N/c1-13(20-3)10-11-15(14(2)21-4)17-16(19)9-7-5-6-8-12-18;1-8-7-5-3-2-4-6-7/h10-12H,2,5-9H2,1,3-4H3,(H,17,19);2-6,8H,1H3/b13-10+,15-11+;. The van der Waals surface area contributed by atoms with E-state index >= 15 is 0 Å². The van der Waals surface area contributed by atoms with Crippen molar-refractivity contribution in [1.29, 1.82) is 0 Å². The van der Waals surface area contributed by atoms with Crippen LogP contribution in [0.15, 0.2) is 66.3 Å². The Balaban J connectivity index is 0.000000807. The predicted octanol–water partition coefficient (Wildman–Crippen LogP) is 4.57. The molecule has 0 unspecified atom stereocenters. The average Bonchev–Trinajstić information content (AvgIpc) is 2.76. The third-order valence-electron chi connectivity index (χ3n) is 3.92. The van der Waals surface area contributed by atoms with E-state index in [1.807, 2.05) is 37.4 Å². The number of carbonyl (C=O) groups excluding carboxylic acids is 2. The highest BCUT2D eigenvalue weighted by Crippen LogP contribution is 2.08. The lowest BCUT2D eigenvalue weighted by molar-refractivity contribution is -0.120. The molecule has 6 nitrogen and oxygen atoms in total. The fourth-order valence-corrected chi connectivity index (χ4v) is 2.09. The Bertz CT molecular complexity index is 667. The largest absolute Gasteiger partial charge is 0.501 e. The van der Waals surface area contributed by atoms with E-state index in [0.717, 1.165) is 31.2 Å². The van der Waals surface area contributed by atoms with Gasteiger partial charge >= 0.3 is 0 Å². The molecule has 29 heavy (non-hydrogen) atoms. The topological polar surface area (TPSA) is 76.7 Å². The zero-order valence-corrected chi connectivity index (χ0v) is 18.0. The third kappa shape index (κ3) is 13.7. The first-order valence-electron chi connectivity index (χ1n) is 9.60. The highest BCUT2D eigenvalue weighted by Gasteiger charge is 2.07. The SMILES string of the molecule is C=C(OC)/C(=C\C=C(/C)OC)NC(=O)CCCCCC=O.CNc1ccccc1. The first-order chi connectivity index (χ1) is 14.0. The van der Waals surface area contributed by atoms with Gasteiger partial charge in [0.2, 0.25) is 5.91 Å². The molecule has 0 saturated carbocycles. The zero-order chi connectivity index (χ0) is 21.9. The molecule has 1 rings (SSSR count). The number of hydrogen-bond acceptors (Lipinski definition) is 5. The second-order valence-corrected chi connectivity index (χ2v) is 6.12. The van der Waals surface area contributed by atoms with E-state index in [1.54, 1.807) is 26.2 Å². The molecule has 2 N–H and O–H groups in total. The Morgan fingerprint density at radius 1 is 1.07 bits per heavy atom. The van der Waals surface area contributed by atoms with Crippen molar-refractivity contribution in [3.05, 3.63) is 66.3 Å². The summed E-state index contributed by atoms with van der Waals surface area (Å²) in [5.74, 6) is 0.984. The van der Waals surface area contributed by atoms with E-state index < -0.39 is 0 Å². The minimum Gasteiger partial charge on any atom is -0.501 e. The van der Waals surface area contributed by atoms with Crippen molar-refractivity contribution in [3.63, 3.8) is 0 Å². The minimum absolute atomic E-state index is 0.103. The lowest BCUT2D eigenvalue weighted by Gasteiger charge is -2.11. The summed E-state index contributed by atoms with van der Waals surface area (Å²) in [5.41, 5.74) is 1.67. The number of rotatable bonds is 12. The van der Waals surface area contributed by atoms with Crippen LogP contribution in [0, 0.1) is 0 Å². The Kier molecular flexibility index (Phi) is 15.3. The summed E-state index contributed by atoms with van der Waals surface area (Å²) < 4.78 is 10.1. The molecule has 0 fully saturated rings. The highest BCUT2D eigenvalue weighted by atomic mass is 16.5. The lowest BCUT2D eigenvalue weighted by Crippen LogP contribution is -2.23. The predicted molar refractivity (Wildman–Crippen MR) is 118 cm³/mol. The van der Waals surface area contributed by atoms with Crippen LogP contribution in [0.1, 0.15) is 39.0 Å². The number of anilines is 1. The molecule has 0 aliphatic rings. The van der Waals surface area contributed by atoms with Crippen LogP contribution in [-0.4, -0.2) is 33.5 Å². The number of allylic oxidation sites excluding steroid dienone is 3. The van der Waals surface area contributed by atoms with Crippen molar-refractivity contribution in [1.82, 2.24) is 5.32 Å². The normalized spacial score (nSPS) is 10.9. The summed E-state index contributed by atoms with van der Waals surface area (Å²) in [6, 6.07) is 10.1. The van der Waals surface area contributed by atoms with Crippen molar-refractivity contribution in [2.24, 2.45) is 0 Å². The molecule has 0 atom stereocenters. The Labute approximate surface area is 174 Å². The van der Waals surface area contributed by atoms with Crippen molar-refractivity contribution < 1.29 is 19.1 Å². The van der Waals surface area contributed by atoms with E-state index in [4.69, 9.17) is 9.47 Å². The molecular formula is C23H34N2O4. The molecule has 0 bridgehead atoms. The second-order valence-electron chi connectivity index (χ2n) is 6.12. The summed E-state index contributed by atoms with van der Waals surface area (Å²) in [6.07, 6.45) is 7.69. The first kappa shape index (κ1) is 26.0. The quantitative estimate of drug-likeness (QED) is 0.232. The second kappa shape index (κ2) is 17.1. The summed E-state index contributed by atoms with van der Waals surface area (Å²) in [7, 11) is 4.98. The Morgan fingerprint density at radius 2 is 1.76 bits per heavy atom. The minimum atomic E-state index is -0.103. The summed E-state index contributed by atoms with van der Waals surface area (Å²) in [4.78, 5) is 22.0. The number of aldehydes is 1. The molecule has 0 saturated heterocycles. The van der Waals surface area contributed by atoms with Crippen LogP contribution in [0.5, 0.6) is 0 Å². The molecule has 0 heterocycles. The fourth-order valence-electron chi connectivity index (χ4n) is 2.09. The van der Waals surface area contributed by atoms with Crippen LogP contribution in [0.2, 0.25) is 0 Å². The van der Waals surface area contributed by atoms with Gasteiger partial charge in [-0.2, -0.15) is 0 Å². The maximum atomic E-state index is 11.9. The number of methoxy groups -OCH3 is 2. The molecule has 6 heteroatoms. The van der Waals surface area contributed by atoms with Crippen molar-refractivity contribution in [3.8, 4) is 0 Å². The van der Waals surface area contributed by atoms with Gasteiger partial charge in [0, 0.05) is 25.6 Å². The molecule has 0 aromatic heterocycles. The number of unbranched alkanes of at least 4 members (excludes halogenated alkanes) is 3. The number of hydrogen-bond donors (Lipinski definition) is 2. The van der Waals surface area contributed by atoms with Gasteiger partial charge in [0.05, 0.1) is 25.7 Å². The lowest BCUT2D eigenvalue weighted by atomic mass is 10.1. The molecule has 0 spiro atoms. The van der Waals surface area contributed by atoms with E-state index in [1.165, 1.54) is 7.11 Å². The van der Waals surface area contributed by atoms with E-state index in [9.17, 15) is 9.59 Å². The molecule has 1 aromatic carbocycles. The number of para-hydroxylation sites is 1. The van der Waals surface area contributed by atoms with Crippen LogP contribution < -0.4 is 10.6 Å². The monoisotopic (exact) mass is 402 g/mol. The fraction of sp³-hybridized carbons (Fsp3) is 0.391. The smallest absolute Gasteiger partial charge is 0.224 e. The van der Waals surface area contributed by atoms with Gasteiger partial charge < -0.3 is 24.9 Å². The number of carbonyl (C=O) groups is 2. The van der Waals surface area contributed by atoms with Gasteiger partial charge in [-0.1, -0.05) is 31.2 Å². The van der Waals surface area contributed by atoms with E-state index in [2.05, 4.69) is 17.2 Å². The Morgan fingerprint density at radius 3 is 2.28 bits per heavy atom. The van der Waals surface area contributed by atoms with Gasteiger partial charge in [0.1, 0.15) is 12.0 Å². The number of benzene rings is 1. The van der Waals surface area contributed by atoms with Crippen LogP contribution in [-0.2, 0) is 19.1 Å². The third-order valence-corrected chi connectivity index (χ3v) is 3.92. The van der Waals surface area contributed by atoms with Crippen molar-refractivity contribution in [2.75, 3.05) is 26.6 Å². The summed E-state index contributed by atoms with van der Waals surface area (Å²) in [6.45, 7) is 5.54. The van der Waals surface area contributed by atoms with Gasteiger partial charge in [0.25, 0.3) is 0 Å². The summed E-state index contributed by atoms with van der Waals surface area (Å²) >= 11 is 0. The van der Waals surface area contributed by atoms with Gasteiger partial charge in [-0.25, -0.2) is 0 Å². The van der Waals surface area contributed by atoms with E-state index in [0.29, 0.717) is 30.1 Å². The van der Waals surface area contributed by atoms with Crippen LogP contribution in [0.25, 0.3) is 0 Å². The number of ether oxygens (including phenoxy) is 2. The first-order valence-corrected chi connectivity index (χ1v) is 9.60.